The van der Waals surface area contributed by atoms with E-state index in [-0.39, 0.29) is 23.8 Å². The summed E-state index contributed by atoms with van der Waals surface area (Å²) in [5, 5.41) is 12.3. The second-order valence-electron chi connectivity index (χ2n) is 4.99. The van der Waals surface area contributed by atoms with Crippen molar-refractivity contribution in [1.29, 1.82) is 0 Å². The van der Waals surface area contributed by atoms with E-state index in [9.17, 15) is 9.90 Å². The molecule has 0 aromatic carbocycles. The molecule has 0 radical (unpaired) electrons. The molecule has 0 fully saturated rings. The first-order valence-electron chi connectivity index (χ1n) is 6.60. The maximum atomic E-state index is 11.8. The molecule has 0 aliphatic heterocycles. The molecule has 0 saturated heterocycles. The van der Waals surface area contributed by atoms with Gasteiger partial charge in [0.15, 0.2) is 0 Å². The van der Waals surface area contributed by atoms with Crippen molar-refractivity contribution < 1.29 is 9.90 Å². The number of hydrogen-bond donors (Lipinski definition) is 3. The predicted molar refractivity (Wildman–Crippen MR) is 70.5 cm³/mol. The van der Waals surface area contributed by atoms with Crippen LogP contribution in [0.1, 0.15) is 47.0 Å². The van der Waals surface area contributed by atoms with Crippen molar-refractivity contribution in [1.82, 2.24) is 5.32 Å². The molecule has 4 N–H and O–H groups in total. The van der Waals surface area contributed by atoms with Gasteiger partial charge < -0.3 is 16.2 Å². The fourth-order valence-corrected chi connectivity index (χ4v) is 1.68. The van der Waals surface area contributed by atoms with E-state index >= 15 is 0 Å². The minimum Gasteiger partial charge on any atom is -0.396 e. The van der Waals surface area contributed by atoms with Crippen LogP contribution >= 0.6 is 0 Å². The van der Waals surface area contributed by atoms with Crippen molar-refractivity contribution in [2.45, 2.75) is 53.0 Å². The van der Waals surface area contributed by atoms with Gasteiger partial charge in [-0.2, -0.15) is 0 Å². The number of nitrogens with two attached hydrogens (primary N) is 1. The third kappa shape index (κ3) is 4.64. The summed E-state index contributed by atoms with van der Waals surface area (Å²) in [4.78, 5) is 11.8. The van der Waals surface area contributed by atoms with E-state index in [1.807, 2.05) is 27.7 Å². The minimum absolute atomic E-state index is 0.0961. The summed E-state index contributed by atoms with van der Waals surface area (Å²) in [6.45, 7) is 8.65. The highest BCUT2D eigenvalue weighted by Crippen LogP contribution is 2.24. The molecule has 0 saturated carbocycles. The van der Waals surface area contributed by atoms with Crippen LogP contribution in [-0.2, 0) is 4.79 Å². The van der Waals surface area contributed by atoms with Crippen LogP contribution in [0, 0.1) is 11.3 Å². The maximum absolute atomic E-state index is 11.8. The number of hydrogen-bond acceptors (Lipinski definition) is 3. The zero-order chi connectivity index (χ0) is 13.5. The molecule has 0 heterocycles. The minimum atomic E-state index is -0.454. The molecule has 2 atom stereocenters. The fraction of sp³-hybridized carbons (Fsp3) is 0.923. The first-order valence-corrected chi connectivity index (χ1v) is 6.60. The summed E-state index contributed by atoms with van der Waals surface area (Å²) in [5.74, 6) is 0.0702. The van der Waals surface area contributed by atoms with Gasteiger partial charge in [-0.05, 0) is 18.8 Å². The number of amides is 1. The van der Waals surface area contributed by atoms with E-state index in [0.29, 0.717) is 6.54 Å². The highest BCUT2D eigenvalue weighted by Gasteiger charge is 2.27. The quantitative estimate of drug-likeness (QED) is 0.602. The van der Waals surface area contributed by atoms with Gasteiger partial charge in [0, 0.05) is 12.0 Å². The van der Waals surface area contributed by atoms with Crippen LogP contribution in [0.3, 0.4) is 0 Å². The van der Waals surface area contributed by atoms with E-state index in [2.05, 4.69) is 5.32 Å². The Bertz CT molecular complexity index is 219. The van der Waals surface area contributed by atoms with Crippen LogP contribution in [0.25, 0.3) is 0 Å². The van der Waals surface area contributed by atoms with E-state index < -0.39 is 6.04 Å². The summed E-state index contributed by atoms with van der Waals surface area (Å²) in [6.07, 6.45) is 2.58. The Morgan fingerprint density at radius 3 is 2.24 bits per heavy atom. The Morgan fingerprint density at radius 1 is 1.35 bits per heavy atom. The van der Waals surface area contributed by atoms with Gasteiger partial charge in [0.25, 0.3) is 0 Å². The van der Waals surface area contributed by atoms with Gasteiger partial charge in [-0.3, -0.25) is 4.79 Å². The van der Waals surface area contributed by atoms with Crippen LogP contribution in [-0.4, -0.2) is 30.2 Å². The lowest BCUT2D eigenvalue weighted by Crippen LogP contribution is -2.48. The first kappa shape index (κ1) is 16.4. The number of rotatable bonds is 8. The smallest absolute Gasteiger partial charge is 0.237 e. The van der Waals surface area contributed by atoms with Crippen molar-refractivity contribution >= 4 is 5.91 Å². The lowest BCUT2D eigenvalue weighted by Gasteiger charge is -2.30. The molecule has 0 aromatic heterocycles. The van der Waals surface area contributed by atoms with Crippen LogP contribution in [0.4, 0.5) is 0 Å². The fourth-order valence-electron chi connectivity index (χ4n) is 1.68. The monoisotopic (exact) mass is 244 g/mol. The van der Waals surface area contributed by atoms with Crippen LogP contribution in [0.15, 0.2) is 0 Å². The summed E-state index contributed by atoms with van der Waals surface area (Å²) in [7, 11) is 0. The molecule has 0 aliphatic carbocycles. The first-order chi connectivity index (χ1) is 7.96. The highest BCUT2D eigenvalue weighted by molar-refractivity contribution is 5.81. The van der Waals surface area contributed by atoms with E-state index in [1.54, 1.807) is 0 Å². The van der Waals surface area contributed by atoms with Crippen molar-refractivity contribution in [2.75, 3.05) is 13.2 Å². The van der Waals surface area contributed by atoms with Gasteiger partial charge in [-0.15, -0.1) is 0 Å². The van der Waals surface area contributed by atoms with E-state index in [4.69, 9.17) is 5.73 Å². The molecule has 0 bridgehead atoms. The molecule has 2 unspecified atom stereocenters. The molecule has 0 spiro atoms. The molecule has 0 aromatic rings. The molecular weight excluding hydrogens is 216 g/mol. The van der Waals surface area contributed by atoms with Crippen molar-refractivity contribution in [3.8, 4) is 0 Å². The SMILES string of the molecule is CCC(C)C(N)C(=O)NCC(CC)(CC)CO. The Labute approximate surface area is 105 Å². The van der Waals surface area contributed by atoms with Gasteiger partial charge in [-0.1, -0.05) is 34.1 Å². The predicted octanol–water partition coefficient (Wildman–Crippen LogP) is 1.27. The average molecular weight is 244 g/mol. The Hall–Kier alpha value is -0.610. The lowest BCUT2D eigenvalue weighted by atomic mass is 9.83. The number of aliphatic hydroxyl groups is 1. The molecule has 17 heavy (non-hydrogen) atoms. The van der Waals surface area contributed by atoms with Crippen molar-refractivity contribution in [2.24, 2.45) is 17.1 Å². The van der Waals surface area contributed by atoms with Crippen LogP contribution < -0.4 is 11.1 Å². The normalized spacial score (nSPS) is 15.4. The summed E-state index contributed by atoms with van der Waals surface area (Å²) < 4.78 is 0. The third-order valence-corrected chi connectivity index (χ3v) is 4.03. The molecule has 1 amide bonds. The molecule has 4 heteroatoms. The number of aliphatic hydroxyl groups excluding tert-OH is 1. The van der Waals surface area contributed by atoms with E-state index in [0.717, 1.165) is 19.3 Å². The molecular formula is C13H28N2O2. The Morgan fingerprint density at radius 2 is 1.88 bits per heavy atom. The summed E-state index contributed by atoms with van der Waals surface area (Å²) in [6, 6.07) is -0.454. The number of carbonyl (C=O) groups is 1. The second-order valence-corrected chi connectivity index (χ2v) is 4.99. The molecule has 0 rings (SSSR count). The standard InChI is InChI=1S/C13H28N2O2/c1-5-10(4)11(14)12(17)15-8-13(6-2,7-3)9-16/h10-11,16H,5-9,14H2,1-4H3,(H,15,17). The molecule has 0 aliphatic rings. The van der Waals surface area contributed by atoms with Gasteiger partial charge in [0.1, 0.15) is 0 Å². The zero-order valence-corrected chi connectivity index (χ0v) is 11.6. The van der Waals surface area contributed by atoms with Crippen LogP contribution in [0.5, 0.6) is 0 Å². The Kier molecular flexibility index (Phi) is 7.39. The summed E-state index contributed by atoms with van der Waals surface area (Å²) >= 11 is 0. The van der Waals surface area contributed by atoms with Crippen molar-refractivity contribution in [3.63, 3.8) is 0 Å². The third-order valence-electron chi connectivity index (χ3n) is 4.03. The van der Waals surface area contributed by atoms with E-state index in [1.165, 1.54) is 0 Å². The topological polar surface area (TPSA) is 75.4 Å². The maximum Gasteiger partial charge on any atom is 0.237 e. The van der Waals surface area contributed by atoms with Gasteiger partial charge in [0.2, 0.25) is 5.91 Å². The molecule has 102 valence electrons. The molecule has 4 nitrogen and oxygen atoms in total. The Balaban J connectivity index is 4.31. The van der Waals surface area contributed by atoms with Gasteiger partial charge in [0.05, 0.1) is 12.6 Å². The van der Waals surface area contributed by atoms with Crippen LogP contribution in [0.2, 0.25) is 0 Å². The zero-order valence-electron chi connectivity index (χ0n) is 11.6. The second kappa shape index (κ2) is 7.67. The number of carbonyl (C=O) groups excluding carboxylic acids is 1. The van der Waals surface area contributed by atoms with Gasteiger partial charge >= 0.3 is 0 Å². The largest absolute Gasteiger partial charge is 0.396 e. The lowest BCUT2D eigenvalue weighted by molar-refractivity contribution is -0.124. The average Bonchev–Trinajstić information content (AvgIpc) is 2.38. The summed E-state index contributed by atoms with van der Waals surface area (Å²) in [5.41, 5.74) is 5.65. The van der Waals surface area contributed by atoms with Crippen molar-refractivity contribution in [3.05, 3.63) is 0 Å². The highest BCUT2D eigenvalue weighted by atomic mass is 16.3. The van der Waals surface area contributed by atoms with Gasteiger partial charge in [-0.25, -0.2) is 0 Å². The number of nitrogens with one attached hydrogen (secondary N) is 1.